The highest BCUT2D eigenvalue weighted by atomic mass is 16.2. The van der Waals surface area contributed by atoms with Gasteiger partial charge in [0.2, 0.25) is 11.8 Å². The highest BCUT2D eigenvalue weighted by molar-refractivity contribution is 5.79. The molecule has 0 atom stereocenters. The Morgan fingerprint density at radius 2 is 1.78 bits per heavy atom. The molecular weight excluding hydrogens is 290 g/mol. The van der Waals surface area contributed by atoms with E-state index in [0.29, 0.717) is 12.6 Å². The van der Waals surface area contributed by atoms with E-state index in [9.17, 15) is 9.59 Å². The van der Waals surface area contributed by atoms with E-state index in [1.807, 2.05) is 11.9 Å². The third-order valence-electron chi connectivity index (χ3n) is 5.43. The maximum absolute atomic E-state index is 12.5. The second-order valence-corrected chi connectivity index (χ2v) is 7.44. The van der Waals surface area contributed by atoms with Crippen LogP contribution in [-0.4, -0.2) is 60.9 Å². The van der Waals surface area contributed by atoms with Crippen molar-refractivity contribution in [1.82, 2.24) is 15.1 Å². The Hall–Kier alpha value is -1.10. The van der Waals surface area contributed by atoms with Crippen molar-refractivity contribution in [3.05, 3.63) is 0 Å². The van der Waals surface area contributed by atoms with Crippen LogP contribution < -0.4 is 5.32 Å². The summed E-state index contributed by atoms with van der Waals surface area (Å²) in [5, 5.41) is 2.99. The molecule has 5 nitrogen and oxygen atoms in total. The number of piperidine rings is 1. The highest BCUT2D eigenvalue weighted by Gasteiger charge is 2.28. The Bertz CT molecular complexity index is 399. The second-order valence-electron chi connectivity index (χ2n) is 7.44. The molecule has 0 aromatic carbocycles. The van der Waals surface area contributed by atoms with E-state index in [2.05, 4.69) is 24.1 Å². The van der Waals surface area contributed by atoms with Gasteiger partial charge in [-0.2, -0.15) is 0 Å². The number of amides is 2. The van der Waals surface area contributed by atoms with Gasteiger partial charge >= 0.3 is 0 Å². The molecule has 0 unspecified atom stereocenters. The number of hydrogen-bond donors (Lipinski definition) is 1. The Kier molecular flexibility index (Phi) is 6.88. The summed E-state index contributed by atoms with van der Waals surface area (Å²) >= 11 is 0. The third-order valence-corrected chi connectivity index (χ3v) is 5.43. The Morgan fingerprint density at radius 3 is 2.30 bits per heavy atom. The quantitative estimate of drug-likeness (QED) is 0.728. The molecule has 5 heteroatoms. The van der Waals surface area contributed by atoms with Gasteiger partial charge in [0.05, 0.1) is 0 Å². The van der Waals surface area contributed by atoms with E-state index in [1.165, 1.54) is 6.42 Å². The van der Waals surface area contributed by atoms with Gasteiger partial charge < -0.3 is 15.1 Å². The summed E-state index contributed by atoms with van der Waals surface area (Å²) in [6.07, 6.45) is 6.05. The van der Waals surface area contributed by atoms with Gasteiger partial charge in [0, 0.05) is 38.0 Å². The van der Waals surface area contributed by atoms with Crippen molar-refractivity contribution < 1.29 is 9.59 Å². The fourth-order valence-corrected chi connectivity index (χ4v) is 3.43. The monoisotopic (exact) mass is 323 g/mol. The molecule has 1 aliphatic carbocycles. The molecule has 1 N–H and O–H groups in total. The largest absolute Gasteiger partial charge is 0.356 e. The Morgan fingerprint density at radius 1 is 1.13 bits per heavy atom. The predicted octanol–water partition coefficient (Wildman–Crippen LogP) is 1.87. The lowest BCUT2D eigenvalue weighted by Crippen LogP contribution is -2.44. The molecule has 132 valence electrons. The van der Waals surface area contributed by atoms with E-state index in [-0.39, 0.29) is 23.7 Å². The van der Waals surface area contributed by atoms with E-state index < -0.39 is 0 Å². The van der Waals surface area contributed by atoms with Crippen LogP contribution in [0.3, 0.4) is 0 Å². The Labute approximate surface area is 140 Å². The van der Waals surface area contributed by atoms with E-state index in [4.69, 9.17) is 0 Å². The minimum atomic E-state index is 0.180. The maximum atomic E-state index is 12.5. The van der Waals surface area contributed by atoms with Crippen molar-refractivity contribution in [3.63, 3.8) is 0 Å². The third kappa shape index (κ3) is 5.20. The molecule has 23 heavy (non-hydrogen) atoms. The van der Waals surface area contributed by atoms with Crippen LogP contribution in [0.1, 0.15) is 52.4 Å². The normalized spacial score (nSPS) is 20.3. The molecule has 1 aliphatic heterocycles. The van der Waals surface area contributed by atoms with Gasteiger partial charge in [-0.3, -0.25) is 9.59 Å². The average Bonchev–Trinajstić information content (AvgIpc) is 2.49. The molecule has 0 aromatic rings. The van der Waals surface area contributed by atoms with Crippen molar-refractivity contribution in [1.29, 1.82) is 0 Å². The predicted molar refractivity (Wildman–Crippen MR) is 92.0 cm³/mol. The summed E-state index contributed by atoms with van der Waals surface area (Å²) in [6, 6.07) is 0.572. The van der Waals surface area contributed by atoms with Gasteiger partial charge in [0.1, 0.15) is 0 Å². The Balaban J connectivity index is 1.60. The van der Waals surface area contributed by atoms with Crippen molar-refractivity contribution in [2.45, 2.75) is 58.4 Å². The highest BCUT2D eigenvalue weighted by Crippen LogP contribution is 2.26. The fourth-order valence-electron chi connectivity index (χ4n) is 3.43. The second kappa shape index (κ2) is 8.67. The molecule has 2 amide bonds. The molecule has 1 saturated carbocycles. The number of likely N-dealkylation sites (tertiary alicyclic amines) is 1. The molecule has 0 radical (unpaired) electrons. The lowest BCUT2D eigenvalue weighted by molar-refractivity contribution is -0.135. The fraction of sp³-hybridized carbons (Fsp3) is 0.889. The SMILES string of the molecule is CC(C)N1CCC(C(=O)N(C)CCCNC(=O)C2CCC2)CC1. The van der Waals surface area contributed by atoms with E-state index in [0.717, 1.165) is 51.7 Å². The van der Waals surface area contributed by atoms with E-state index >= 15 is 0 Å². The van der Waals surface area contributed by atoms with Gasteiger partial charge in [-0.1, -0.05) is 6.42 Å². The molecular formula is C18H33N3O2. The van der Waals surface area contributed by atoms with Crippen molar-refractivity contribution >= 4 is 11.8 Å². The number of hydrogen-bond acceptors (Lipinski definition) is 3. The first-order chi connectivity index (χ1) is 11.0. The molecule has 0 bridgehead atoms. The number of carbonyl (C=O) groups excluding carboxylic acids is 2. The maximum Gasteiger partial charge on any atom is 0.225 e. The van der Waals surface area contributed by atoms with Crippen molar-refractivity contribution in [2.75, 3.05) is 33.2 Å². The van der Waals surface area contributed by atoms with Crippen LogP contribution in [0.25, 0.3) is 0 Å². The number of nitrogens with zero attached hydrogens (tertiary/aromatic N) is 2. The number of rotatable bonds is 7. The molecule has 2 rings (SSSR count). The number of nitrogens with one attached hydrogen (secondary N) is 1. The number of carbonyl (C=O) groups is 2. The van der Waals surface area contributed by atoms with Gasteiger partial charge in [-0.25, -0.2) is 0 Å². The topological polar surface area (TPSA) is 52.7 Å². The van der Waals surface area contributed by atoms with E-state index in [1.54, 1.807) is 0 Å². The van der Waals surface area contributed by atoms with Gasteiger partial charge in [0.25, 0.3) is 0 Å². The molecule has 2 aliphatic rings. The van der Waals surface area contributed by atoms with Crippen LogP contribution in [0.2, 0.25) is 0 Å². The summed E-state index contributed by atoms with van der Waals surface area (Å²) in [5.41, 5.74) is 0. The molecule has 1 heterocycles. The van der Waals surface area contributed by atoms with Crippen LogP contribution in [0.5, 0.6) is 0 Å². The average molecular weight is 323 g/mol. The van der Waals surface area contributed by atoms with Gasteiger partial charge in [0.15, 0.2) is 0 Å². The summed E-state index contributed by atoms with van der Waals surface area (Å²) in [4.78, 5) is 28.5. The zero-order valence-corrected chi connectivity index (χ0v) is 15.0. The smallest absolute Gasteiger partial charge is 0.225 e. The van der Waals surface area contributed by atoms with Crippen LogP contribution in [0.4, 0.5) is 0 Å². The zero-order valence-electron chi connectivity index (χ0n) is 15.0. The van der Waals surface area contributed by atoms with Crippen LogP contribution in [-0.2, 0) is 9.59 Å². The summed E-state index contributed by atoms with van der Waals surface area (Å²) in [5.74, 6) is 0.907. The van der Waals surface area contributed by atoms with Crippen molar-refractivity contribution in [2.24, 2.45) is 11.8 Å². The van der Waals surface area contributed by atoms with Gasteiger partial charge in [-0.15, -0.1) is 0 Å². The molecule has 0 aromatic heterocycles. The summed E-state index contributed by atoms with van der Waals surface area (Å²) in [7, 11) is 1.89. The van der Waals surface area contributed by atoms with Gasteiger partial charge in [-0.05, 0) is 59.0 Å². The molecule has 2 fully saturated rings. The molecule has 0 spiro atoms. The first kappa shape index (κ1) is 18.2. The van der Waals surface area contributed by atoms with Crippen LogP contribution >= 0.6 is 0 Å². The first-order valence-corrected chi connectivity index (χ1v) is 9.25. The van der Waals surface area contributed by atoms with Crippen LogP contribution in [0, 0.1) is 11.8 Å². The van der Waals surface area contributed by atoms with Crippen LogP contribution in [0.15, 0.2) is 0 Å². The summed E-state index contributed by atoms with van der Waals surface area (Å²) in [6.45, 7) is 7.89. The minimum Gasteiger partial charge on any atom is -0.356 e. The first-order valence-electron chi connectivity index (χ1n) is 9.25. The lowest BCUT2D eigenvalue weighted by Gasteiger charge is -2.35. The lowest BCUT2D eigenvalue weighted by atomic mass is 9.85. The van der Waals surface area contributed by atoms with Crippen molar-refractivity contribution in [3.8, 4) is 0 Å². The zero-order chi connectivity index (χ0) is 16.8. The molecule has 1 saturated heterocycles. The standard InChI is InChI=1S/C18H33N3O2/c1-14(2)21-12-8-16(9-13-21)18(23)20(3)11-5-10-19-17(22)15-6-4-7-15/h14-16H,4-13H2,1-3H3,(H,19,22). The minimum absolute atomic E-state index is 0.180. The summed E-state index contributed by atoms with van der Waals surface area (Å²) < 4.78 is 0.